The van der Waals surface area contributed by atoms with Crippen LogP contribution in [0.3, 0.4) is 0 Å². The Labute approximate surface area is 127 Å². The lowest BCUT2D eigenvalue weighted by Crippen LogP contribution is -2.41. The van der Waals surface area contributed by atoms with Crippen molar-refractivity contribution in [2.24, 2.45) is 0 Å². The van der Waals surface area contributed by atoms with E-state index >= 15 is 0 Å². The molecular formula is C11H11IN2O6. The van der Waals surface area contributed by atoms with E-state index in [2.05, 4.69) is 5.32 Å². The zero-order valence-corrected chi connectivity index (χ0v) is 12.2. The third kappa shape index (κ3) is 4.13. The van der Waals surface area contributed by atoms with Crippen LogP contribution < -0.4 is 5.32 Å². The highest BCUT2D eigenvalue weighted by molar-refractivity contribution is 14.1. The summed E-state index contributed by atoms with van der Waals surface area (Å²) in [6.45, 7) is -0.400. The second-order valence-corrected chi connectivity index (χ2v) is 4.96. The van der Waals surface area contributed by atoms with Crippen molar-refractivity contribution in [1.82, 2.24) is 5.32 Å². The van der Waals surface area contributed by atoms with Crippen LogP contribution in [-0.4, -0.2) is 39.7 Å². The first kappa shape index (κ1) is 16.3. The van der Waals surface area contributed by atoms with Crippen LogP contribution in [0.1, 0.15) is 16.8 Å². The molecule has 0 bridgehead atoms. The fourth-order valence-corrected chi connectivity index (χ4v) is 2.00. The molecule has 1 amide bonds. The van der Waals surface area contributed by atoms with Gasteiger partial charge in [0.2, 0.25) is 0 Å². The average molecular weight is 394 g/mol. The predicted molar refractivity (Wildman–Crippen MR) is 76.4 cm³/mol. The number of hydrogen-bond donors (Lipinski definition) is 3. The average Bonchev–Trinajstić information content (AvgIpc) is 2.38. The summed E-state index contributed by atoms with van der Waals surface area (Å²) in [5.74, 6) is -2.02. The van der Waals surface area contributed by atoms with Crippen LogP contribution in [-0.2, 0) is 4.79 Å². The molecule has 1 rings (SSSR count). The standard InChI is InChI=1S/C11H11IN2O6/c12-8-2-1-6(14(19)20)5-7(8)10(16)13-9(3-4-15)11(17)18/h1-2,5,9,15H,3-4H2,(H,13,16)(H,17,18). The molecule has 8 nitrogen and oxygen atoms in total. The van der Waals surface area contributed by atoms with Crippen LogP contribution in [0, 0.1) is 13.7 Å². The number of aliphatic hydroxyl groups excluding tert-OH is 1. The van der Waals surface area contributed by atoms with Crippen LogP contribution in [0.4, 0.5) is 5.69 Å². The number of carbonyl (C=O) groups is 2. The maximum Gasteiger partial charge on any atom is 0.326 e. The number of hydrogen-bond acceptors (Lipinski definition) is 5. The third-order valence-electron chi connectivity index (χ3n) is 2.43. The van der Waals surface area contributed by atoms with Crippen molar-refractivity contribution in [3.8, 4) is 0 Å². The van der Waals surface area contributed by atoms with Gasteiger partial charge >= 0.3 is 5.97 Å². The summed E-state index contributed by atoms with van der Waals surface area (Å²) in [5, 5.41) is 30.5. The molecule has 0 spiro atoms. The molecule has 1 unspecified atom stereocenters. The van der Waals surface area contributed by atoms with Gasteiger partial charge in [-0.15, -0.1) is 0 Å². The maximum atomic E-state index is 11.9. The van der Waals surface area contributed by atoms with Gasteiger partial charge in [0.05, 0.1) is 10.5 Å². The van der Waals surface area contributed by atoms with Crippen LogP contribution >= 0.6 is 22.6 Å². The second-order valence-electron chi connectivity index (χ2n) is 3.80. The largest absolute Gasteiger partial charge is 0.480 e. The fourth-order valence-electron chi connectivity index (χ4n) is 1.42. The SMILES string of the molecule is O=C(NC(CCO)C(=O)O)c1cc([N+](=O)[O-])ccc1I. The molecule has 0 radical (unpaired) electrons. The fraction of sp³-hybridized carbons (Fsp3) is 0.273. The molecule has 0 aliphatic carbocycles. The minimum absolute atomic E-state index is 0.0176. The molecule has 0 saturated carbocycles. The number of aliphatic hydroxyl groups is 1. The third-order valence-corrected chi connectivity index (χ3v) is 3.37. The number of nitro groups is 1. The Balaban J connectivity index is 2.99. The highest BCUT2D eigenvalue weighted by Gasteiger charge is 2.22. The van der Waals surface area contributed by atoms with E-state index < -0.39 is 29.4 Å². The summed E-state index contributed by atoms with van der Waals surface area (Å²) in [6.07, 6.45) is -0.146. The van der Waals surface area contributed by atoms with Crippen LogP contribution in [0.5, 0.6) is 0 Å². The van der Waals surface area contributed by atoms with E-state index in [1.165, 1.54) is 12.1 Å². The van der Waals surface area contributed by atoms with Crippen molar-refractivity contribution in [2.75, 3.05) is 6.61 Å². The molecule has 0 heterocycles. The summed E-state index contributed by atoms with van der Waals surface area (Å²) in [4.78, 5) is 32.8. The van der Waals surface area contributed by atoms with Gasteiger partial charge in [-0.3, -0.25) is 14.9 Å². The van der Waals surface area contributed by atoms with Gasteiger partial charge < -0.3 is 15.5 Å². The number of carboxylic acids is 1. The highest BCUT2D eigenvalue weighted by Crippen LogP contribution is 2.19. The lowest BCUT2D eigenvalue weighted by molar-refractivity contribution is -0.384. The summed E-state index contributed by atoms with van der Waals surface area (Å²) in [5.41, 5.74) is -0.242. The molecule has 0 aromatic heterocycles. The van der Waals surface area contributed by atoms with E-state index in [4.69, 9.17) is 10.2 Å². The van der Waals surface area contributed by atoms with Crippen LogP contribution in [0.15, 0.2) is 18.2 Å². The Kier molecular flexibility index (Phi) is 5.82. The molecule has 1 atom stereocenters. The number of non-ortho nitro benzene ring substituents is 1. The van der Waals surface area contributed by atoms with Crippen molar-refractivity contribution in [3.63, 3.8) is 0 Å². The van der Waals surface area contributed by atoms with E-state index in [1.807, 2.05) is 22.6 Å². The minimum Gasteiger partial charge on any atom is -0.480 e. The maximum absolute atomic E-state index is 11.9. The number of nitro benzene ring substituents is 1. The Morgan fingerprint density at radius 2 is 2.10 bits per heavy atom. The topological polar surface area (TPSA) is 130 Å². The zero-order chi connectivity index (χ0) is 15.3. The predicted octanol–water partition coefficient (Wildman–Crippen LogP) is 0.765. The number of benzene rings is 1. The molecule has 108 valence electrons. The number of carboxylic acid groups (broad SMARTS) is 1. The van der Waals surface area contributed by atoms with Gasteiger partial charge in [-0.2, -0.15) is 0 Å². The number of amides is 1. The number of carbonyl (C=O) groups excluding carboxylic acids is 1. The summed E-state index contributed by atoms with van der Waals surface area (Å²) in [6, 6.07) is 2.48. The first-order chi connectivity index (χ1) is 9.36. The monoisotopic (exact) mass is 394 g/mol. The van der Waals surface area contributed by atoms with Gasteiger partial charge in [0.15, 0.2) is 0 Å². The number of nitrogens with one attached hydrogen (secondary N) is 1. The summed E-state index contributed by atoms with van der Waals surface area (Å²) < 4.78 is 0.457. The van der Waals surface area contributed by atoms with E-state index in [0.29, 0.717) is 3.57 Å². The molecule has 0 aliphatic heterocycles. The lowest BCUT2D eigenvalue weighted by atomic mass is 10.1. The van der Waals surface area contributed by atoms with Gasteiger partial charge in [0.25, 0.3) is 11.6 Å². The van der Waals surface area contributed by atoms with E-state index in [0.717, 1.165) is 6.07 Å². The Hall–Kier alpha value is -1.75. The van der Waals surface area contributed by atoms with Crippen LogP contribution in [0.25, 0.3) is 0 Å². The molecule has 1 aromatic rings. The van der Waals surface area contributed by atoms with Crippen molar-refractivity contribution >= 4 is 40.2 Å². The van der Waals surface area contributed by atoms with Crippen LogP contribution in [0.2, 0.25) is 0 Å². The van der Waals surface area contributed by atoms with Crippen molar-refractivity contribution < 1.29 is 24.7 Å². The first-order valence-electron chi connectivity index (χ1n) is 5.45. The van der Waals surface area contributed by atoms with Crippen molar-refractivity contribution in [1.29, 1.82) is 0 Å². The minimum atomic E-state index is -1.28. The van der Waals surface area contributed by atoms with E-state index in [1.54, 1.807) is 0 Å². The molecule has 0 aliphatic rings. The summed E-state index contributed by atoms with van der Waals surface area (Å²) in [7, 11) is 0. The Morgan fingerprint density at radius 3 is 2.60 bits per heavy atom. The molecule has 1 aromatic carbocycles. The molecule has 0 saturated heterocycles. The van der Waals surface area contributed by atoms with Gasteiger partial charge in [-0.25, -0.2) is 4.79 Å². The Morgan fingerprint density at radius 1 is 1.45 bits per heavy atom. The first-order valence-corrected chi connectivity index (χ1v) is 6.53. The number of rotatable bonds is 6. The smallest absolute Gasteiger partial charge is 0.326 e. The zero-order valence-electron chi connectivity index (χ0n) is 10.1. The second kappa shape index (κ2) is 7.14. The molecular weight excluding hydrogens is 383 g/mol. The highest BCUT2D eigenvalue weighted by atomic mass is 127. The summed E-state index contributed by atoms with van der Waals surface area (Å²) >= 11 is 1.82. The number of halogens is 1. The van der Waals surface area contributed by atoms with Gasteiger partial charge in [0.1, 0.15) is 6.04 Å². The molecule has 0 fully saturated rings. The van der Waals surface area contributed by atoms with E-state index in [9.17, 15) is 19.7 Å². The molecule has 3 N–H and O–H groups in total. The molecule has 9 heteroatoms. The van der Waals surface area contributed by atoms with Crippen molar-refractivity contribution in [3.05, 3.63) is 37.4 Å². The number of aliphatic carboxylic acids is 1. The van der Waals surface area contributed by atoms with Crippen molar-refractivity contribution in [2.45, 2.75) is 12.5 Å². The molecule has 20 heavy (non-hydrogen) atoms. The number of nitrogens with zero attached hydrogens (tertiary/aromatic N) is 1. The van der Waals surface area contributed by atoms with Gasteiger partial charge in [0, 0.05) is 28.7 Å². The lowest BCUT2D eigenvalue weighted by Gasteiger charge is -2.13. The van der Waals surface area contributed by atoms with Gasteiger partial charge in [-0.1, -0.05) is 0 Å². The Bertz CT molecular complexity index is 548. The van der Waals surface area contributed by atoms with Gasteiger partial charge in [-0.05, 0) is 28.7 Å². The van der Waals surface area contributed by atoms with E-state index in [-0.39, 0.29) is 17.7 Å². The normalized spacial score (nSPS) is 11.7. The quantitative estimate of drug-likeness (QED) is 0.371.